The minimum absolute atomic E-state index is 0.129. The maximum absolute atomic E-state index is 13.3. The van der Waals surface area contributed by atoms with Crippen LogP contribution < -0.4 is 0 Å². The highest BCUT2D eigenvalue weighted by Crippen LogP contribution is 2.77. The van der Waals surface area contributed by atoms with Crippen LogP contribution in [0.5, 0.6) is 0 Å². The fourth-order valence-electron chi connectivity index (χ4n) is 7.22. The van der Waals surface area contributed by atoms with Crippen molar-refractivity contribution in [1.82, 2.24) is 0 Å². The molecule has 0 unspecified atom stereocenters. The largest absolute Gasteiger partial charge is 0.468 e. The molecule has 1 spiro atoms. The van der Waals surface area contributed by atoms with E-state index in [0.29, 0.717) is 51.9 Å². The van der Waals surface area contributed by atoms with Crippen LogP contribution >= 0.6 is 0 Å². The Morgan fingerprint density at radius 1 is 1.19 bits per heavy atom. The average molecular weight is 384 g/mol. The first-order chi connectivity index (χ1) is 12.9. The van der Waals surface area contributed by atoms with Gasteiger partial charge in [0.05, 0.1) is 32.5 Å². The normalized spacial score (nSPS) is 44.6. The first-order valence-electron chi connectivity index (χ1n) is 10.1. The summed E-state index contributed by atoms with van der Waals surface area (Å²) in [6.45, 7) is 3.94. The molecule has 1 N–H and O–H groups in total. The number of carbonyl (C=O) groups excluding carboxylic acids is 1. The molecule has 1 aliphatic heterocycles. The molecular formula is C20H32O7. The van der Waals surface area contributed by atoms with Crippen molar-refractivity contribution < 1.29 is 33.6 Å². The summed E-state index contributed by atoms with van der Waals surface area (Å²) < 4.78 is 28.2. The molecule has 4 fully saturated rings. The predicted molar refractivity (Wildman–Crippen MR) is 94.7 cm³/mol. The Balaban J connectivity index is 1.79. The summed E-state index contributed by atoms with van der Waals surface area (Å²) >= 11 is 0. The Morgan fingerprint density at radius 3 is 2.59 bits per heavy atom. The molecule has 7 nitrogen and oxygen atoms in total. The van der Waals surface area contributed by atoms with Gasteiger partial charge in [0.1, 0.15) is 12.2 Å². The van der Waals surface area contributed by atoms with Crippen LogP contribution in [0.3, 0.4) is 0 Å². The molecule has 4 rings (SSSR count). The number of hydrogen-bond acceptors (Lipinski definition) is 7. The van der Waals surface area contributed by atoms with Crippen LogP contribution in [0.1, 0.15) is 45.4 Å². The molecule has 0 radical (unpaired) electrons. The molecule has 3 saturated carbocycles. The van der Waals surface area contributed by atoms with E-state index in [9.17, 15) is 9.90 Å². The molecule has 0 amide bonds. The monoisotopic (exact) mass is 384 g/mol. The summed E-state index contributed by atoms with van der Waals surface area (Å²) in [5, 5.41) is 12.0. The second-order valence-electron chi connectivity index (χ2n) is 8.77. The highest BCUT2D eigenvalue weighted by Gasteiger charge is 2.83. The molecule has 154 valence electrons. The van der Waals surface area contributed by atoms with Crippen LogP contribution in [0, 0.1) is 22.7 Å². The highest BCUT2D eigenvalue weighted by molar-refractivity contribution is 5.81. The van der Waals surface area contributed by atoms with E-state index in [1.807, 2.05) is 0 Å². The molecule has 0 aromatic carbocycles. The van der Waals surface area contributed by atoms with Gasteiger partial charge in [-0.2, -0.15) is 0 Å². The first kappa shape index (κ1) is 19.6. The van der Waals surface area contributed by atoms with Crippen molar-refractivity contribution >= 4 is 5.97 Å². The Bertz CT molecular complexity index is 589. The summed E-state index contributed by atoms with van der Waals surface area (Å²) in [4.78, 5) is 13.3. The zero-order chi connectivity index (χ0) is 19.3. The molecular weight excluding hydrogens is 352 g/mol. The number of aliphatic hydroxyl groups is 1. The summed E-state index contributed by atoms with van der Waals surface area (Å²) in [6.07, 6.45) is 4.07. The fourth-order valence-corrected chi connectivity index (χ4v) is 7.22. The molecule has 0 aromatic rings. The van der Waals surface area contributed by atoms with Crippen molar-refractivity contribution in [3.05, 3.63) is 0 Å². The first-order valence-corrected chi connectivity index (χ1v) is 10.1. The van der Waals surface area contributed by atoms with Crippen molar-refractivity contribution in [1.29, 1.82) is 0 Å². The van der Waals surface area contributed by atoms with Crippen LogP contribution in [0.2, 0.25) is 0 Å². The lowest BCUT2D eigenvalue weighted by Crippen LogP contribution is -2.57. The van der Waals surface area contributed by atoms with Crippen LogP contribution in [0.15, 0.2) is 0 Å². The molecule has 1 saturated heterocycles. The van der Waals surface area contributed by atoms with E-state index < -0.39 is 22.2 Å². The number of carbonyl (C=O) groups is 1. The number of fused-ring (bicyclic) bond motifs is 6. The number of ether oxygens (including phenoxy) is 5. The summed E-state index contributed by atoms with van der Waals surface area (Å²) in [5.41, 5.74) is -2.51. The molecule has 1 heterocycles. The van der Waals surface area contributed by atoms with Crippen molar-refractivity contribution in [3.63, 3.8) is 0 Å². The van der Waals surface area contributed by atoms with E-state index in [2.05, 4.69) is 6.92 Å². The van der Waals surface area contributed by atoms with Gasteiger partial charge in [-0.1, -0.05) is 6.92 Å². The summed E-state index contributed by atoms with van der Waals surface area (Å²) in [5.74, 6) is -1.18. The molecule has 3 aliphatic carbocycles. The summed E-state index contributed by atoms with van der Waals surface area (Å²) in [7, 11) is 3.02. The van der Waals surface area contributed by atoms with Gasteiger partial charge in [0.2, 0.25) is 0 Å². The second kappa shape index (κ2) is 6.66. The van der Waals surface area contributed by atoms with Crippen molar-refractivity contribution in [2.24, 2.45) is 22.7 Å². The third-order valence-electron chi connectivity index (χ3n) is 8.11. The minimum atomic E-state index is -1.17. The van der Waals surface area contributed by atoms with E-state index in [-0.39, 0.29) is 24.6 Å². The topological polar surface area (TPSA) is 83.5 Å². The Hall–Kier alpha value is -0.730. The van der Waals surface area contributed by atoms with Crippen molar-refractivity contribution in [3.8, 4) is 0 Å². The zero-order valence-electron chi connectivity index (χ0n) is 16.6. The van der Waals surface area contributed by atoms with Gasteiger partial charge in [0.15, 0.2) is 5.79 Å². The lowest BCUT2D eigenvalue weighted by Gasteiger charge is -2.51. The van der Waals surface area contributed by atoms with Gasteiger partial charge in [0.25, 0.3) is 0 Å². The number of hydrogen-bond donors (Lipinski definition) is 1. The fraction of sp³-hybridized carbons (Fsp3) is 0.950. The highest BCUT2D eigenvalue weighted by atomic mass is 16.7. The van der Waals surface area contributed by atoms with Gasteiger partial charge in [-0.05, 0) is 43.4 Å². The third-order valence-corrected chi connectivity index (χ3v) is 8.11. The number of methoxy groups -OCH3 is 2. The Morgan fingerprint density at radius 2 is 1.93 bits per heavy atom. The van der Waals surface area contributed by atoms with E-state index in [0.717, 1.165) is 6.42 Å². The molecule has 0 aromatic heterocycles. The second-order valence-corrected chi connectivity index (χ2v) is 8.77. The maximum Gasteiger partial charge on any atom is 0.315 e. The molecule has 27 heavy (non-hydrogen) atoms. The van der Waals surface area contributed by atoms with E-state index in [1.165, 1.54) is 7.11 Å². The van der Waals surface area contributed by atoms with Gasteiger partial charge in [-0.25, -0.2) is 0 Å². The van der Waals surface area contributed by atoms with E-state index in [1.54, 1.807) is 7.11 Å². The molecule has 7 heteroatoms. The van der Waals surface area contributed by atoms with Gasteiger partial charge in [-0.3, -0.25) is 4.79 Å². The quantitative estimate of drug-likeness (QED) is 0.425. The standard InChI is InChI=1S/C20H32O7/c1-14-11-20(26-9-10-27-20)15-12-17(14,7-8-25-13-23-2)18(16(21)24-3)5-4-6-19(15,18)22/h14-15,22H,4-13H2,1-3H3/t14-,15+,17+,18+,19-/m0/s1. The van der Waals surface area contributed by atoms with Gasteiger partial charge in [0, 0.05) is 19.4 Å². The number of rotatable bonds is 6. The minimum Gasteiger partial charge on any atom is -0.468 e. The predicted octanol–water partition coefficient (Wildman–Crippen LogP) is 1.86. The SMILES string of the molecule is COCOCC[C@@]12C[C@@H](C3(C[C@@H]1C)OCCO3)[C@@]1(O)CCC[C@@]21C(=O)OC. The van der Waals surface area contributed by atoms with E-state index in [4.69, 9.17) is 23.7 Å². The lowest BCUT2D eigenvalue weighted by atomic mass is 9.54. The molecule has 2 bridgehead atoms. The van der Waals surface area contributed by atoms with Crippen LogP contribution in [-0.2, 0) is 28.5 Å². The number of esters is 1. The summed E-state index contributed by atoms with van der Waals surface area (Å²) in [6, 6.07) is 0. The lowest BCUT2D eigenvalue weighted by molar-refractivity contribution is -0.251. The van der Waals surface area contributed by atoms with Gasteiger partial charge < -0.3 is 28.8 Å². The average Bonchev–Trinajstić information content (AvgIpc) is 3.30. The van der Waals surface area contributed by atoms with Crippen LogP contribution in [0.25, 0.3) is 0 Å². The van der Waals surface area contributed by atoms with Gasteiger partial charge >= 0.3 is 5.97 Å². The van der Waals surface area contributed by atoms with Crippen molar-refractivity contribution in [2.45, 2.75) is 56.8 Å². The van der Waals surface area contributed by atoms with Gasteiger partial charge in [-0.15, -0.1) is 0 Å². The maximum atomic E-state index is 13.3. The third kappa shape index (κ3) is 2.29. The van der Waals surface area contributed by atoms with Crippen LogP contribution in [0.4, 0.5) is 0 Å². The smallest absolute Gasteiger partial charge is 0.315 e. The molecule has 4 aliphatic rings. The zero-order valence-corrected chi connectivity index (χ0v) is 16.6. The van der Waals surface area contributed by atoms with E-state index >= 15 is 0 Å². The molecule has 5 atom stereocenters. The Kier molecular flexibility index (Phi) is 4.83. The van der Waals surface area contributed by atoms with Crippen molar-refractivity contribution in [2.75, 3.05) is 40.8 Å². The van der Waals surface area contributed by atoms with Crippen LogP contribution in [-0.4, -0.2) is 63.3 Å². The Labute approximate surface area is 160 Å².